The number of hydrogen-bond acceptors (Lipinski definition) is 6. The Bertz CT molecular complexity index is 749. The highest BCUT2D eigenvalue weighted by Crippen LogP contribution is 2.24. The van der Waals surface area contributed by atoms with Gasteiger partial charge in [-0.1, -0.05) is 11.6 Å². The summed E-state index contributed by atoms with van der Waals surface area (Å²) in [6.45, 7) is 0.596. The molecule has 3 rings (SSSR count). The summed E-state index contributed by atoms with van der Waals surface area (Å²) in [4.78, 5) is 26.0. The molecule has 4 N–H and O–H groups in total. The molecule has 1 aliphatic heterocycles. The van der Waals surface area contributed by atoms with E-state index >= 15 is 0 Å². The third kappa shape index (κ3) is 3.61. The van der Waals surface area contributed by atoms with Crippen LogP contribution in [0.15, 0.2) is 36.4 Å². The summed E-state index contributed by atoms with van der Waals surface area (Å²) in [5.74, 6) is 5.08. The van der Waals surface area contributed by atoms with Crippen LogP contribution in [0.5, 0.6) is 0 Å². The highest BCUT2D eigenvalue weighted by Gasteiger charge is 2.32. The van der Waals surface area contributed by atoms with Crippen LogP contribution in [-0.4, -0.2) is 31.2 Å². The van der Waals surface area contributed by atoms with E-state index in [1.54, 1.807) is 36.4 Å². The largest absolute Gasteiger partial charge is 0.442 e. The molecule has 0 spiro atoms. The molecule has 0 bridgehead atoms. The first kappa shape index (κ1) is 16.6. The van der Waals surface area contributed by atoms with Crippen molar-refractivity contribution in [2.75, 3.05) is 23.4 Å². The summed E-state index contributed by atoms with van der Waals surface area (Å²) in [5.41, 5.74) is 3.97. The minimum Gasteiger partial charge on any atom is -0.442 e. The summed E-state index contributed by atoms with van der Waals surface area (Å²) in [7, 11) is 0. The molecule has 1 saturated heterocycles. The van der Waals surface area contributed by atoms with Gasteiger partial charge in [-0.05, 0) is 36.4 Å². The molecule has 1 aromatic carbocycles. The summed E-state index contributed by atoms with van der Waals surface area (Å²) in [6.07, 6.45) is -0.855. The Kier molecular flexibility index (Phi) is 4.89. The lowest BCUT2D eigenvalue weighted by molar-refractivity contribution is 0.0920. The lowest BCUT2D eigenvalue weighted by Crippen LogP contribution is -2.34. The molecule has 2 aromatic rings. The number of ether oxygens (including phenoxy) is 1. The van der Waals surface area contributed by atoms with E-state index in [-0.39, 0.29) is 12.5 Å². The van der Waals surface area contributed by atoms with E-state index in [1.807, 2.05) is 0 Å². The second-order valence-corrected chi connectivity index (χ2v) is 6.84. The SMILES string of the molecule is NNc1ccc(N2C[C@H](CNC(=O)c3ccc(Cl)s3)OC2=O)cc1. The number of thiophene rings is 1. The fraction of sp³-hybridized carbons (Fsp3) is 0.200. The number of hydrazine groups is 1. The van der Waals surface area contributed by atoms with Gasteiger partial charge in [-0.15, -0.1) is 11.3 Å². The quantitative estimate of drug-likeness (QED) is 0.558. The fourth-order valence-corrected chi connectivity index (χ4v) is 3.27. The van der Waals surface area contributed by atoms with Crippen LogP contribution in [0, 0.1) is 0 Å². The number of anilines is 2. The smallest absolute Gasteiger partial charge is 0.414 e. The number of benzene rings is 1. The van der Waals surface area contributed by atoms with Gasteiger partial charge >= 0.3 is 6.09 Å². The van der Waals surface area contributed by atoms with Crippen LogP contribution in [0.4, 0.5) is 16.2 Å². The van der Waals surface area contributed by atoms with E-state index in [0.717, 1.165) is 5.69 Å². The topological polar surface area (TPSA) is 96.7 Å². The first-order valence-electron chi connectivity index (χ1n) is 7.15. The van der Waals surface area contributed by atoms with Gasteiger partial charge in [0, 0.05) is 11.4 Å². The molecule has 2 heterocycles. The van der Waals surface area contributed by atoms with Crippen molar-refractivity contribution < 1.29 is 14.3 Å². The normalized spacial score (nSPS) is 16.8. The number of carbonyl (C=O) groups is 2. The number of hydrogen-bond donors (Lipinski definition) is 3. The second-order valence-electron chi connectivity index (χ2n) is 5.12. The highest BCUT2D eigenvalue weighted by atomic mass is 35.5. The number of cyclic esters (lactones) is 1. The average molecular weight is 367 g/mol. The van der Waals surface area contributed by atoms with Crippen LogP contribution in [0.25, 0.3) is 0 Å². The Morgan fingerprint density at radius 1 is 1.33 bits per heavy atom. The van der Waals surface area contributed by atoms with Gasteiger partial charge in [0.25, 0.3) is 5.91 Å². The number of rotatable bonds is 5. The monoisotopic (exact) mass is 366 g/mol. The van der Waals surface area contributed by atoms with Gasteiger partial charge in [-0.3, -0.25) is 15.5 Å². The van der Waals surface area contributed by atoms with Crippen molar-refractivity contribution in [3.05, 3.63) is 45.6 Å². The Morgan fingerprint density at radius 3 is 2.71 bits per heavy atom. The zero-order valence-corrected chi connectivity index (χ0v) is 14.1. The number of halogens is 1. The summed E-state index contributed by atoms with van der Waals surface area (Å²) in [5, 5.41) is 2.75. The lowest BCUT2D eigenvalue weighted by Gasteiger charge is -2.13. The van der Waals surface area contributed by atoms with E-state index in [2.05, 4.69) is 10.7 Å². The zero-order chi connectivity index (χ0) is 17.1. The maximum atomic E-state index is 12.0. The van der Waals surface area contributed by atoms with E-state index in [9.17, 15) is 9.59 Å². The minimum absolute atomic E-state index is 0.235. The van der Waals surface area contributed by atoms with E-state index < -0.39 is 12.2 Å². The van der Waals surface area contributed by atoms with Gasteiger partial charge in [-0.25, -0.2) is 4.79 Å². The molecule has 1 fully saturated rings. The molecule has 9 heteroatoms. The highest BCUT2D eigenvalue weighted by molar-refractivity contribution is 7.17. The van der Waals surface area contributed by atoms with Crippen LogP contribution in [0.2, 0.25) is 4.34 Å². The van der Waals surface area contributed by atoms with Crippen LogP contribution >= 0.6 is 22.9 Å². The molecule has 2 amide bonds. The van der Waals surface area contributed by atoms with E-state index in [1.165, 1.54) is 16.2 Å². The van der Waals surface area contributed by atoms with Crippen molar-refractivity contribution in [2.45, 2.75) is 6.10 Å². The molecule has 0 aliphatic carbocycles. The van der Waals surface area contributed by atoms with E-state index in [4.69, 9.17) is 22.2 Å². The van der Waals surface area contributed by atoms with Gasteiger partial charge in [0.15, 0.2) is 0 Å². The minimum atomic E-state index is -0.443. The van der Waals surface area contributed by atoms with Gasteiger partial charge in [0.1, 0.15) is 6.10 Å². The number of nitrogens with two attached hydrogens (primary N) is 1. The maximum Gasteiger partial charge on any atom is 0.414 e. The summed E-state index contributed by atoms with van der Waals surface area (Å²) < 4.78 is 5.84. The van der Waals surface area contributed by atoms with Gasteiger partial charge in [-0.2, -0.15) is 0 Å². The van der Waals surface area contributed by atoms with Gasteiger partial charge in [0.05, 0.1) is 22.3 Å². The third-order valence-corrected chi connectivity index (χ3v) is 4.74. The number of nitrogen functional groups attached to an aromatic ring is 1. The molecule has 0 unspecified atom stereocenters. The average Bonchev–Trinajstić information content (AvgIpc) is 3.18. The Labute approximate surface area is 147 Å². The Balaban J connectivity index is 1.57. The number of amides is 2. The second kappa shape index (κ2) is 7.08. The van der Waals surface area contributed by atoms with E-state index in [0.29, 0.717) is 21.4 Å². The van der Waals surface area contributed by atoms with Crippen molar-refractivity contribution in [1.29, 1.82) is 0 Å². The molecule has 24 heavy (non-hydrogen) atoms. The zero-order valence-electron chi connectivity index (χ0n) is 12.5. The molecule has 1 aliphatic rings. The van der Waals surface area contributed by atoms with Gasteiger partial charge < -0.3 is 15.5 Å². The molecular weight excluding hydrogens is 352 g/mol. The van der Waals surface area contributed by atoms with Crippen molar-refractivity contribution >= 4 is 46.3 Å². The summed E-state index contributed by atoms with van der Waals surface area (Å²) >= 11 is 7.01. The number of carbonyl (C=O) groups excluding carboxylic acids is 2. The van der Waals surface area contributed by atoms with Crippen molar-refractivity contribution in [2.24, 2.45) is 5.84 Å². The lowest BCUT2D eigenvalue weighted by atomic mass is 10.2. The van der Waals surface area contributed by atoms with Gasteiger partial charge in [0.2, 0.25) is 0 Å². The molecule has 126 valence electrons. The molecule has 1 atom stereocenters. The first-order chi connectivity index (χ1) is 11.6. The van der Waals surface area contributed by atoms with Crippen LogP contribution in [0.1, 0.15) is 9.67 Å². The van der Waals surface area contributed by atoms with Crippen LogP contribution in [-0.2, 0) is 4.74 Å². The standard InChI is InChI=1S/C15H15ClN4O3S/c16-13-6-5-12(24-13)14(21)18-7-11-8-20(15(22)23-11)10-3-1-9(19-17)2-4-10/h1-6,11,19H,7-8,17H2,(H,18,21)/t11-/m0/s1. The number of nitrogens with one attached hydrogen (secondary N) is 2. The predicted octanol–water partition coefficient (Wildman–Crippen LogP) is 2.44. The first-order valence-corrected chi connectivity index (χ1v) is 8.34. The fourth-order valence-electron chi connectivity index (χ4n) is 2.31. The van der Waals surface area contributed by atoms with Crippen LogP contribution < -0.4 is 21.5 Å². The maximum absolute atomic E-state index is 12.0. The molecule has 0 saturated carbocycles. The predicted molar refractivity (Wildman–Crippen MR) is 93.5 cm³/mol. The third-order valence-electron chi connectivity index (χ3n) is 3.51. The molecule has 0 radical (unpaired) electrons. The van der Waals surface area contributed by atoms with Crippen LogP contribution in [0.3, 0.4) is 0 Å². The molecule has 1 aromatic heterocycles. The Morgan fingerprint density at radius 2 is 2.08 bits per heavy atom. The number of nitrogens with zero attached hydrogens (tertiary/aromatic N) is 1. The van der Waals surface area contributed by atoms with Crippen molar-refractivity contribution in [3.63, 3.8) is 0 Å². The van der Waals surface area contributed by atoms with Crippen molar-refractivity contribution in [1.82, 2.24) is 5.32 Å². The Hall–Kier alpha value is -2.29. The summed E-state index contributed by atoms with van der Waals surface area (Å²) in [6, 6.07) is 10.4. The molecule has 7 nitrogen and oxygen atoms in total. The molecular formula is C15H15ClN4O3S. The van der Waals surface area contributed by atoms with Crippen molar-refractivity contribution in [3.8, 4) is 0 Å².